The Bertz CT molecular complexity index is 1030. The van der Waals surface area contributed by atoms with E-state index in [-0.39, 0.29) is 24.4 Å². The minimum Gasteiger partial charge on any atom is -0.337 e. The van der Waals surface area contributed by atoms with Gasteiger partial charge < -0.3 is 10.2 Å². The van der Waals surface area contributed by atoms with Crippen LogP contribution in [0.25, 0.3) is 0 Å². The molecule has 2 aliphatic carbocycles. The number of likely N-dealkylation sites (N-methyl/N-ethyl adjacent to an activating group) is 1. The number of hydrogen-bond acceptors (Lipinski definition) is 4. The van der Waals surface area contributed by atoms with Crippen LogP contribution in [0.15, 0.2) is 35.7 Å². The lowest BCUT2D eigenvalue weighted by Crippen LogP contribution is -2.47. The first kappa shape index (κ1) is 19.3. The molecule has 0 saturated carbocycles. The van der Waals surface area contributed by atoms with Gasteiger partial charge in [-0.05, 0) is 61.1 Å². The third kappa shape index (κ3) is 2.87. The van der Waals surface area contributed by atoms with Gasteiger partial charge in [-0.1, -0.05) is 24.3 Å². The molecule has 2 aromatic rings. The third-order valence-corrected chi connectivity index (χ3v) is 7.81. The fraction of sp³-hybridized carbons (Fsp3) is 0.435. The molecular weight excluding hydrogens is 398 g/mol. The Balaban J connectivity index is 1.36. The van der Waals surface area contributed by atoms with Gasteiger partial charge in [0.15, 0.2) is 0 Å². The first-order valence-corrected chi connectivity index (χ1v) is 11.4. The number of nitrogens with one attached hydrogen (secondary N) is 1. The number of benzene rings is 1. The number of nitrogens with zero attached hydrogens (tertiary/aromatic N) is 2. The van der Waals surface area contributed by atoms with Gasteiger partial charge in [0.25, 0.3) is 5.91 Å². The standard InChI is InChI=1S/C23H25N3O3S/c1-25(18-9-4-7-15-6-2-3-8-16(15)18)20(27)14-26-21(28)23(24-22(26)29)12-5-10-19-17(23)11-13-30-19/h2-3,6,8,11,13,18H,4-5,7,9-10,12,14H2,1H3,(H,24,29)/t18-,23-/m0/s1. The van der Waals surface area contributed by atoms with Crippen LogP contribution in [0.5, 0.6) is 0 Å². The molecule has 1 N–H and O–H groups in total. The summed E-state index contributed by atoms with van der Waals surface area (Å²) in [7, 11) is 1.78. The Morgan fingerprint density at radius 2 is 2.07 bits per heavy atom. The maximum Gasteiger partial charge on any atom is 0.325 e. The summed E-state index contributed by atoms with van der Waals surface area (Å²) in [5.74, 6) is -0.503. The van der Waals surface area contributed by atoms with Crippen molar-refractivity contribution in [3.05, 3.63) is 57.3 Å². The molecular formula is C23H25N3O3S. The van der Waals surface area contributed by atoms with Crippen molar-refractivity contribution in [2.75, 3.05) is 13.6 Å². The number of carbonyl (C=O) groups excluding carboxylic acids is 3. The van der Waals surface area contributed by atoms with Crippen LogP contribution in [0.4, 0.5) is 4.79 Å². The van der Waals surface area contributed by atoms with Crippen molar-refractivity contribution in [1.29, 1.82) is 0 Å². The largest absolute Gasteiger partial charge is 0.337 e. The van der Waals surface area contributed by atoms with E-state index in [1.165, 1.54) is 11.1 Å². The van der Waals surface area contributed by atoms with Gasteiger partial charge in [-0.15, -0.1) is 11.3 Å². The van der Waals surface area contributed by atoms with Crippen LogP contribution in [0.3, 0.4) is 0 Å². The highest BCUT2D eigenvalue weighted by atomic mass is 32.1. The minimum atomic E-state index is -0.999. The summed E-state index contributed by atoms with van der Waals surface area (Å²) in [6.07, 6.45) is 5.29. The van der Waals surface area contributed by atoms with E-state index < -0.39 is 11.6 Å². The van der Waals surface area contributed by atoms with Gasteiger partial charge in [-0.25, -0.2) is 4.79 Å². The first-order valence-electron chi connectivity index (χ1n) is 10.6. The molecule has 1 spiro atoms. The van der Waals surface area contributed by atoms with Crippen LogP contribution in [0.1, 0.15) is 53.3 Å². The predicted octanol–water partition coefficient (Wildman–Crippen LogP) is 3.37. The predicted molar refractivity (Wildman–Crippen MR) is 114 cm³/mol. The zero-order chi connectivity index (χ0) is 20.9. The van der Waals surface area contributed by atoms with Crippen LogP contribution in [-0.2, 0) is 28.0 Å². The lowest BCUT2D eigenvalue weighted by Gasteiger charge is -2.34. The van der Waals surface area contributed by atoms with Gasteiger partial charge in [0, 0.05) is 17.5 Å². The summed E-state index contributed by atoms with van der Waals surface area (Å²) in [6, 6.07) is 9.67. The molecule has 1 aromatic carbocycles. The zero-order valence-electron chi connectivity index (χ0n) is 17.0. The molecule has 1 aliphatic heterocycles. The summed E-state index contributed by atoms with van der Waals surface area (Å²) in [6.45, 7) is -0.221. The molecule has 2 atom stereocenters. The highest BCUT2D eigenvalue weighted by molar-refractivity contribution is 7.10. The second kappa shape index (κ2) is 7.23. The molecule has 0 bridgehead atoms. The van der Waals surface area contributed by atoms with Crippen LogP contribution in [0, 0.1) is 0 Å². The maximum atomic E-state index is 13.4. The van der Waals surface area contributed by atoms with E-state index in [0.29, 0.717) is 6.42 Å². The quantitative estimate of drug-likeness (QED) is 0.770. The highest BCUT2D eigenvalue weighted by Crippen LogP contribution is 2.42. The van der Waals surface area contributed by atoms with Crippen molar-refractivity contribution in [3.8, 4) is 0 Å². The Hall–Kier alpha value is -2.67. The summed E-state index contributed by atoms with van der Waals surface area (Å²) in [4.78, 5) is 43.2. The normalized spacial score (nSPS) is 25.1. The molecule has 4 amide bonds. The van der Waals surface area contributed by atoms with Crippen LogP contribution >= 0.6 is 11.3 Å². The molecule has 5 rings (SSSR count). The molecule has 7 heteroatoms. The number of aryl methyl sites for hydroxylation is 2. The van der Waals surface area contributed by atoms with Gasteiger partial charge in [0.1, 0.15) is 12.1 Å². The molecule has 6 nitrogen and oxygen atoms in total. The summed E-state index contributed by atoms with van der Waals surface area (Å²) < 4.78 is 0. The van der Waals surface area contributed by atoms with E-state index in [1.807, 2.05) is 23.6 Å². The van der Waals surface area contributed by atoms with E-state index in [2.05, 4.69) is 17.4 Å². The fourth-order valence-electron chi connectivity index (χ4n) is 5.24. The monoisotopic (exact) mass is 423 g/mol. The van der Waals surface area contributed by atoms with Gasteiger partial charge in [-0.2, -0.15) is 0 Å². The smallest absolute Gasteiger partial charge is 0.325 e. The number of rotatable bonds is 3. The molecule has 3 aliphatic rings. The van der Waals surface area contributed by atoms with Crippen molar-refractivity contribution in [2.24, 2.45) is 0 Å². The molecule has 156 valence electrons. The fourth-order valence-corrected chi connectivity index (χ4v) is 6.24. The van der Waals surface area contributed by atoms with Crippen LogP contribution in [-0.4, -0.2) is 41.2 Å². The zero-order valence-corrected chi connectivity index (χ0v) is 17.8. The Kier molecular flexibility index (Phi) is 4.65. The lowest BCUT2D eigenvalue weighted by molar-refractivity contribution is -0.140. The van der Waals surface area contributed by atoms with Crippen LogP contribution < -0.4 is 5.32 Å². The Morgan fingerprint density at radius 3 is 2.93 bits per heavy atom. The number of imide groups is 1. The molecule has 0 unspecified atom stereocenters. The highest BCUT2D eigenvalue weighted by Gasteiger charge is 2.54. The molecule has 1 saturated heterocycles. The molecule has 1 fully saturated rings. The molecule has 2 heterocycles. The van der Waals surface area contributed by atoms with Crippen molar-refractivity contribution >= 4 is 29.2 Å². The third-order valence-electron chi connectivity index (χ3n) is 6.83. The summed E-state index contributed by atoms with van der Waals surface area (Å²) in [5, 5.41) is 4.90. The number of carbonyl (C=O) groups is 3. The topological polar surface area (TPSA) is 69.7 Å². The second-order valence-electron chi connectivity index (χ2n) is 8.45. The number of thiophene rings is 1. The number of hydrogen-bond donors (Lipinski definition) is 1. The number of urea groups is 1. The first-order chi connectivity index (χ1) is 14.5. The average Bonchev–Trinajstić information content (AvgIpc) is 3.33. The SMILES string of the molecule is CN(C(=O)CN1C(=O)N[C@]2(CCCc3sccc32)C1=O)[C@H]1CCCc2ccccc21. The molecule has 30 heavy (non-hydrogen) atoms. The second-order valence-corrected chi connectivity index (χ2v) is 9.45. The van der Waals surface area contributed by atoms with E-state index in [0.717, 1.165) is 47.4 Å². The van der Waals surface area contributed by atoms with Crippen molar-refractivity contribution < 1.29 is 14.4 Å². The minimum absolute atomic E-state index is 0.0182. The Labute approximate surface area is 179 Å². The van der Waals surface area contributed by atoms with E-state index in [4.69, 9.17) is 0 Å². The van der Waals surface area contributed by atoms with Gasteiger partial charge in [0.2, 0.25) is 5.91 Å². The van der Waals surface area contributed by atoms with E-state index in [9.17, 15) is 14.4 Å². The van der Waals surface area contributed by atoms with E-state index in [1.54, 1.807) is 23.3 Å². The lowest BCUT2D eigenvalue weighted by atomic mass is 9.80. The van der Waals surface area contributed by atoms with Crippen molar-refractivity contribution in [2.45, 2.75) is 50.1 Å². The Morgan fingerprint density at radius 1 is 1.23 bits per heavy atom. The average molecular weight is 424 g/mol. The van der Waals surface area contributed by atoms with Gasteiger partial charge in [0.05, 0.1) is 6.04 Å². The molecule has 1 aromatic heterocycles. The number of amides is 4. The maximum absolute atomic E-state index is 13.4. The number of fused-ring (bicyclic) bond motifs is 3. The van der Waals surface area contributed by atoms with Gasteiger partial charge >= 0.3 is 6.03 Å². The van der Waals surface area contributed by atoms with Gasteiger partial charge in [-0.3, -0.25) is 14.5 Å². The molecule has 0 radical (unpaired) electrons. The summed E-state index contributed by atoms with van der Waals surface area (Å²) in [5.41, 5.74) is 2.35. The van der Waals surface area contributed by atoms with Crippen molar-refractivity contribution in [3.63, 3.8) is 0 Å². The summed E-state index contributed by atoms with van der Waals surface area (Å²) >= 11 is 1.62. The van der Waals surface area contributed by atoms with Crippen molar-refractivity contribution in [1.82, 2.24) is 15.1 Å². The van der Waals surface area contributed by atoms with Crippen LogP contribution in [0.2, 0.25) is 0 Å². The van der Waals surface area contributed by atoms with E-state index >= 15 is 0 Å².